The lowest BCUT2D eigenvalue weighted by molar-refractivity contribution is 0.102. The molecular formula is C21H24FNOS. The van der Waals surface area contributed by atoms with Gasteiger partial charge in [-0.25, -0.2) is 4.39 Å². The molecule has 2 unspecified atom stereocenters. The number of Topliss-reactive ketones (excluding diaryl/α,β-unsaturated/α-hetero) is 1. The van der Waals surface area contributed by atoms with Crippen molar-refractivity contribution in [3.8, 4) is 0 Å². The van der Waals surface area contributed by atoms with E-state index in [1.165, 1.54) is 24.0 Å². The molecule has 2 nitrogen and oxygen atoms in total. The Labute approximate surface area is 152 Å². The number of thiophene rings is 1. The van der Waals surface area contributed by atoms with E-state index in [-0.39, 0.29) is 11.6 Å². The van der Waals surface area contributed by atoms with Crippen LogP contribution >= 0.6 is 11.3 Å². The van der Waals surface area contributed by atoms with Crippen molar-refractivity contribution in [2.24, 2.45) is 0 Å². The van der Waals surface area contributed by atoms with Gasteiger partial charge in [-0.3, -0.25) is 9.69 Å². The normalized spacial score (nSPS) is 26.1. The predicted molar refractivity (Wildman–Crippen MR) is 99.8 cm³/mol. The monoisotopic (exact) mass is 357 g/mol. The minimum atomic E-state index is -0.108. The van der Waals surface area contributed by atoms with Crippen molar-refractivity contribution in [2.75, 3.05) is 0 Å². The van der Waals surface area contributed by atoms with Crippen molar-refractivity contribution in [1.82, 2.24) is 4.90 Å². The Bertz CT molecular complexity index is 785. The Morgan fingerprint density at radius 2 is 1.96 bits per heavy atom. The van der Waals surface area contributed by atoms with Gasteiger partial charge in [0.1, 0.15) is 5.82 Å². The van der Waals surface area contributed by atoms with Gasteiger partial charge in [-0.1, -0.05) is 12.1 Å². The number of hydrogen-bond acceptors (Lipinski definition) is 3. The Balaban J connectivity index is 1.47. The van der Waals surface area contributed by atoms with Gasteiger partial charge in [-0.2, -0.15) is 0 Å². The van der Waals surface area contributed by atoms with Crippen molar-refractivity contribution in [2.45, 2.75) is 64.1 Å². The molecule has 0 amide bonds. The molecule has 25 heavy (non-hydrogen) atoms. The molecule has 0 N–H and O–H groups in total. The largest absolute Gasteiger partial charge is 0.294 e. The number of fused-ring (bicyclic) bond motifs is 2. The Morgan fingerprint density at radius 3 is 2.56 bits per heavy atom. The minimum Gasteiger partial charge on any atom is -0.294 e. The van der Waals surface area contributed by atoms with E-state index in [0.717, 1.165) is 29.8 Å². The van der Waals surface area contributed by atoms with Crippen LogP contribution in [-0.2, 0) is 6.54 Å². The van der Waals surface area contributed by atoms with E-state index in [2.05, 4.69) is 16.3 Å². The summed E-state index contributed by atoms with van der Waals surface area (Å²) in [6, 6.07) is 8.90. The van der Waals surface area contributed by atoms with Gasteiger partial charge >= 0.3 is 0 Å². The molecule has 0 saturated carbocycles. The molecule has 4 heteroatoms. The van der Waals surface area contributed by atoms with E-state index in [1.807, 2.05) is 19.1 Å². The molecule has 1 aromatic heterocycles. The van der Waals surface area contributed by atoms with Gasteiger partial charge in [0.2, 0.25) is 0 Å². The number of piperidine rings is 1. The van der Waals surface area contributed by atoms with Gasteiger partial charge in [-0.05, 0) is 79.7 Å². The van der Waals surface area contributed by atoms with Gasteiger partial charge in [-0.15, -0.1) is 11.3 Å². The molecule has 2 atom stereocenters. The molecule has 2 saturated heterocycles. The molecule has 0 spiro atoms. The zero-order valence-electron chi connectivity index (χ0n) is 14.8. The molecule has 0 radical (unpaired) electrons. The highest BCUT2D eigenvalue weighted by Crippen LogP contribution is 2.44. The summed E-state index contributed by atoms with van der Waals surface area (Å²) in [4.78, 5) is 15.0. The van der Waals surface area contributed by atoms with E-state index in [9.17, 15) is 9.18 Å². The molecule has 0 aliphatic carbocycles. The molecular weight excluding hydrogens is 333 g/mol. The fourth-order valence-electron chi connectivity index (χ4n) is 4.58. The third kappa shape index (κ3) is 3.30. The second-order valence-electron chi connectivity index (χ2n) is 7.61. The summed E-state index contributed by atoms with van der Waals surface area (Å²) in [5.74, 6) is 0.593. The zero-order valence-corrected chi connectivity index (χ0v) is 15.6. The number of ketones is 1. The summed E-state index contributed by atoms with van der Waals surface area (Å²) in [7, 11) is 0. The van der Waals surface area contributed by atoms with Crippen molar-refractivity contribution >= 4 is 17.1 Å². The van der Waals surface area contributed by atoms with E-state index in [1.54, 1.807) is 24.3 Å². The number of carbonyl (C=O) groups is 1. The highest BCUT2D eigenvalue weighted by atomic mass is 32.1. The highest BCUT2D eigenvalue weighted by Gasteiger charge is 2.41. The van der Waals surface area contributed by atoms with Crippen LogP contribution in [0, 0.1) is 12.7 Å². The van der Waals surface area contributed by atoms with Crippen molar-refractivity contribution < 1.29 is 9.18 Å². The summed E-state index contributed by atoms with van der Waals surface area (Å²) in [5.41, 5.74) is 3.32. The van der Waals surface area contributed by atoms with Crippen LogP contribution in [0.1, 0.15) is 64.9 Å². The maximum Gasteiger partial charge on any atom is 0.169 e. The average molecular weight is 357 g/mol. The quantitative estimate of drug-likeness (QED) is 0.691. The fraction of sp³-hybridized carbons (Fsp3) is 0.476. The fourth-order valence-corrected chi connectivity index (χ4v) is 5.39. The van der Waals surface area contributed by atoms with E-state index in [4.69, 9.17) is 0 Å². The van der Waals surface area contributed by atoms with Crippen molar-refractivity contribution in [3.63, 3.8) is 0 Å². The zero-order chi connectivity index (χ0) is 17.6. The summed E-state index contributed by atoms with van der Waals surface area (Å²) < 4.78 is 13.6. The topological polar surface area (TPSA) is 20.3 Å². The summed E-state index contributed by atoms with van der Waals surface area (Å²) in [6.07, 6.45) is 4.83. The maximum atomic E-state index is 13.6. The molecule has 2 bridgehead atoms. The Morgan fingerprint density at radius 1 is 1.24 bits per heavy atom. The van der Waals surface area contributed by atoms with Gasteiger partial charge in [0.25, 0.3) is 0 Å². The molecule has 2 aliphatic heterocycles. The molecule has 3 heterocycles. The first-order valence-electron chi connectivity index (χ1n) is 9.11. The van der Waals surface area contributed by atoms with E-state index < -0.39 is 0 Å². The number of benzene rings is 1. The van der Waals surface area contributed by atoms with Crippen LogP contribution in [0.2, 0.25) is 0 Å². The Hall–Kier alpha value is -1.52. The average Bonchev–Trinajstić information content (AvgIpc) is 3.13. The second-order valence-corrected chi connectivity index (χ2v) is 8.52. The third-order valence-corrected chi connectivity index (χ3v) is 6.98. The molecule has 132 valence electrons. The minimum absolute atomic E-state index is 0.108. The van der Waals surface area contributed by atoms with Crippen LogP contribution in [0.5, 0.6) is 0 Å². The number of rotatable bonds is 4. The van der Waals surface area contributed by atoms with Gasteiger partial charge in [0.05, 0.1) is 4.88 Å². The van der Waals surface area contributed by atoms with Gasteiger partial charge in [0.15, 0.2) is 5.78 Å². The first-order chi connectivity index (χ1) is 12.0. The molecule has 4 rings (SSSR count). The smallest absolute Gasteiger partial charge is 0.169 e. The van der Waals surface area contributed by atoms with Crippen LogP contribution in [0.3, 0.4) is 0 Å². The molecule has 1 aromatic carbocycles. The summed E-state index contributed by atoms with van der Waals surface area (Å²) in [5, 5.41) is 2.13. The van der Waals surface area contributed by atoms with E-state index in [0.29, 0.717) is 18.0 Å². The lowest BCUT2D eigenvalue weighted by Crippen LogP contribution is -2.41. The first kappa shape index (κ1) is 16.9. The predicted octanol–water partition coefficient (Wildman–Crippen LogP) is 5.31. The standard InChI is InChI=1S/C21H24FNOS/c1-13-7-16(3-6-20(13)22)17-9-18-4-5-19(10-17)23(18)11-15-8-21(14(2)24)25-12-15/h3,6-8,12,17-19H,4-5,9-11H2,1-2H3. The number of nitrogens with zero attached hydrogens (tertiary/aromatic N) is 1. The lowest BCUT2D eigenvalue weighted by atomic mass is 9.84. The maximum absolute atomic E-state index is 13.6. The SMILES string of the molecule is CC(=O)c1cc(CN2C3CCC2CC(c2ccc(F)c(C)c2)C3)cs1. The molecule has 2 fully saturated rings. The van der Waals surface area contributed by atoms with Crippen LogP contribution in [0.15, 0.2) is 29.6 Å². The number of aryl methyl sites for hydroxylation is 1. The van der Waals surface area contributed by atoms with E-state index >= 15 is 0 Å². The lowest BCUT2D eigenvalue weighted by Gasteiger charge is -2.39. The number of carbonyl (C=O) groups excluding carboxylic acids is 1. The van der Waals surface area contributed by atoms with Crippen LogP contribution in [0.4, 0.5) is 4.39 Å². The van der Waals surface area contributed by atoms with Crippen LogP contribution in [0.25, 0.3) is 0 Å². The third-order valence-electron chi connectivity index (χ3n) is 5.90. The van der Waals surface area contributed by atoms with Crippen molar-refractivity contribution in [3.05, 3.63) is 57.0 Å². The molecule has 2 aromatic rings. The van der Waals surface area contributed by atoms with Gasteiger partial charge in [0, 0.05) is 18.6 Å². The summed E-state index contributed by atoms with van der Waals surface area (Å²) >= 11 is 1.56. The highest BCUT2D eigenvalue weighted by molar-refractivity contribution is 7.12. The second kappa shape index (κ2) is 6.65. The Kier molecular flexibility index (Phi) is 4.50. The van der Waals surface area contributed by atoms with Crippen molar-refractivity contribution in [1.29, 1.82) is 0 Å². The molecule has 2 aliphatic rings. The number of halogens is 1. The van der Waals surface area contributed by atoms with Crippen LogP contribution < -0.4 is 0 Å². The first-order valence-corrected chi connectivity index (χ1v) is 9.99. The summed E-state index contributed by atoms with van der Waals surface area (Å²) in [6.45, 7) is 4.44. The van der Waals surface area contributed by atoms with Gasteiger partial charge < -0.3 is 0 Å². The number of hydrogen-bond donors (Lipinski definition) is 0. The van der Waals surface area contributed by atoms with Crippen LogP contribution in [-0.4, -0.2) is 22.8 Å².